The van der Waals surface area contributed by atoms with Gasteiger partial charge in [-0.15, -0.1) is 0 Å². The maximum absolute atomic E-state index is 10.7. The van der Waals surface area contributed by atoms with Gasteiger partial charge in [0.15, 0.2) is 0 Å². The second-order valence-corrected chi connectivity index (χ2v) is 11.5. The minimum absolute atomic E-state index is 0.329. The zero-order valence-corrected chi connectivity index (χ0v) is 12.4. The second kappa shape index (κ2) is 5.25. The smallest absolute Gasteiger partial charge is 0.0803 e. The Balaban J connectivity index is 2.30. The van der Waals surface area contributed by atoms with E-state index in [2.05, 4.69) is 43.9 Å². The van der Waals surface area contributed by atoms with E-state index in [1.165, 1.54) is 0 Å². The molecule has 2 unspecified atom stereocenters. The number of rotatable bonds is 4. The average molecular weight is 258 g/mol. The molecule has 1 aliphatic rings. The Bertz CT molecular complexity index is 430. The minimum atomic E-state index is -1.45. The normalized spacial score (nSPS) is 19.1. The van der Waals surface area contributed by atoms with Gasteiger partial charge in [-0.3, -0.25) is 0 Å². The van der Waals surface area contributed by atoms with E-state index >= 15 is 0 Å². The minimum Gasteiger partial charge on any atom is -0.388 e. The van der Waals surface area contributed by atoms with Crippen molar-refractivity contribution in [3.8, 4) is 0 Å². The first kappa shape index (κ1) is 13.3. The van der Waals surface area contributed by atoms with Crippen molar-refractivity contribution in [3.63, 3.8) is 0 Å². The number of hydrogen-bond acceptors (Lipinski definition) is 1. The fraction of sp³-hybridized carbons (Fsp3) is 0.375. The molecule has 0 radical (unpaired) electrons. The van der Waals surface area contributed by atoms with Crippen LogP contribution in [-0.4, -0.2) is 13.2 Å². The second-order valence-electron chi connectivity index (χ2n) is 6.09. The Hall–Kier alpha value is -1.12. The summed E-state index contributed by atoms with van der Waals surface area (Å²) in [5, 5.41) is 10.7. The molecule has 1 aliphatic carbocycles. The lowest BCUT2D eigenvalue weighted by Crippen LogP contribution is -2.36. The zero-order valence-electron chi connectivity index (χ0n) is 11.4. The Morgan fingerprint density at radius 3 is 2.06 bits per heavy atom. The van der Waals surface area contributed by atoms with E-state index in [9.17, 15) is 5.11 Å². The highest BCUT2D eigenvalue weighted by molar-refractivity contribution is 6.77. The molecular weight excluding hydrogens is 236 g/mol. The molecule has 0 saturated heterocycles. The number of hydrogen-bond donors (Lipinski definition) is 1. The van der Waals surface area contributed by atoms with Gasteiger partial charge in [-0.25, -0.2) is 0 Å². The molecule has 1 aromatic carbocycles. The van der Waals surface area contributed by atoms with Gasteiger partial charge in [0.05, 0.1) is 14.2 Å². The zero-order chi connectivity index (χ0) is 13.2. The summed E-state index contributed by atoms with van der Waals surface area (Å²) in [4.78, 5) is 0. The van der Waals surface area contributed by atoms with Crippen molar-refractivity contribution in [3.05, 3.63) is 60.2 Å². The highest BCUT2D eigenvalue weighted by Crippen LogP contribution is 2.43. The summed E-state index contributed by atoms with van der Waals surface area (Å²) in [6.45, 7) is 7.01. The van der Waals surface area contributed by atoms with Gasteiger partial charge >= 0.3 is 0 Å². The molecule has 1 N–H and O–H groups in total. The molecule has 96 valence electrons. The Labute approximate surface area is 111 Å². The molecule has 0 heterocycles. The molecule has 1 nitrogen and oxygen atoms in total. The monoisotopic (exact) mass is 258 g/mol. The average Bonchev–Trinajstić information content (AvgIpc) is 2.82. The fourth-order valence-electron chi connectivity index (χ4n) is 2.81. The maximum Gasteiger partial charge on any atom is 0.0803 e. The van der Waals surface area contributed by atoms with Gasteiger partial charge in [0, 0.05) is 0 Å². The van der Waals surface area contributed by atoms with E-state index in [1.807, 2.05) is 30.3 Å². The van der Waals surface area contributed by atoms with Gasteiger partial charge in [0.2, 0.25) is 0 Å². The van der Waals surface area contributed by atoms with Crippen LogP contribution in [0.4, 0.5) is 0 Å². The first-order chi connectivity index (χ1) is 8.50. The van der Waals surface area contributed by atoms with Crippen molar-refractivity contribution in [1.82, 2.24) is 0 Å². The van der Waals surface area contributed by atoms with E-state index in [0.29, 0.717) is 11.5 Å². The molecule has 2 atom stereocenters. The molecule has 2 heteroatoms. The molecule has 1 aromatic rings. The molecular formula is C16H22OSi. The van der Waals surface area contributed by atoms with Gasteiger partial charge in [-0.2, -0.15) is 0 Å². The van der Waals surface area contributed by atoms with Crippen LogP contribution in [0.2, 0.25) is 25.2 Å². The molecule has 0 aliphatic heterocycles. The van der Waals surface area contributed by atoms with Crippen molar-refractivity contribution in [2.24, 2.45) is 5.92 Å². The number of aliphatic hydroxyl groups excluding tert-OH is 1. The van der Waals surface area contributed by atoms with Crippen LogP contribution in [-0.2, 0) is 0 Å². The molecule has 0 bridgehead atoms. The topological polar surface area (TPSA) is 20.2 Å². The van der Waals surface area contributed by atoms with Crippen molar-refractivity contribution in [2.75, 3.05) is 0 Å². The first-order valence-corrected chi connectivity index (χ1v) is 10.2. The van der Waals surface area contributed by atoms with Crippen LogP contribution in [0.1, 0.15) is 11.7 Å². The first-order valence-electron chi connectivity index (χ1n) is 6.58. The summed E-state index contributed by atoms with van der Waals surface area (Å²) in [7, 11) is -1.45. The highest BCUT2D eigenvalue weighted by Gasteiger charge is 2.37. The Kier molecular flexibility index (Phi) is 3.88. The standard InChI is InChI=1S/C16H22OSi/c1-18(2,3)16(14-11-7-8-12-14)15(17)13-9-5-4-6-10-13/h4-12,14-17H,1-3H3. The third kappa shape index (κ3) is 2.82. The molecule has 0 amide bonds. The summed E-state index contributed by atoms with van der Waals surface area (Å²) in [6, 6.07) is 10.1. The fourth-order valence-corrected chi connectivity index (χ4v) is 5.32. The Morgan fingerprint density at radius 2 is 1.56 bits per heavy atom. The van der Waals surface area contributed by atoms with E-state index in [1.54, 1.807) is 0 Å². The summed E-state index contributed by atoms with van der Waals surface area (Å²) >= 11 is 0. The van der Waals surface area contributed by atoms with Crippen molar-refractivity contribution < 1.29 is 5.11 Å². The quantitative estimate of drug-likeness (QED) is 0.804. The lowest BCUT2D eigenvalue weighted by molar-refractivity contribution is 0.156. The van der Waals surface area contributed by atoms with Crippen LogP contribution < -0.4 is 0 Å². The van der Waals surface area contributed by atoms with Gasteiger partial charge < -0.3 is 5.11 Å². The van der Waals surface area contributed by atoms with Crippen molar-refractivity contribution in [2.45, 2.75) is 31.3 Å². The summed E-state index contributed by atoms with van der Waals surface area (Å²) < 4.78 is 0. The van der Waals surface area contributed by atoms with E-state index < -0.39 is 8.07 Å². The third-order valence-electron chi connectivity index (χ3n) is 3.67. The lowest BCUT2D eigenvalue weighted by Gasteiger charge is -2.36. The van der Waals surface area contributed by atoms with E-state index in [0.717, 1.165) is 5.56 Å². The molecule has 0 saturated carbocycles. The van der Waals surface area contributed by atoms with Gasteiger partial charge in [0.25, 0.3) is 0 Å². The lowest BCUT2D eigenvalue weighted by atomic mass is 9.97. The molecule has 2 rings (SSSR count). The Morgan fingerprint density at radius 1 is 1.00 bits per heavy atom. The van der Waals surface area contributed by atoms with Crippen LogP contribution >= 0.6 is 0 Å². The molecule has 18 heavy (non-hydrogen) atoms. The largest absolute Gasteiger partial charge is 0.388 e. The van der Waals surface area contributed by atoms with Crippen LogP contribution in [0, 0.1) is 5.92 Å². The summed E-state index contributed by atoms with van der Waals surface area (Å²) in [6.07, 6.45) is 8.25. The summed E-state index contributed by atoms with van der Waals surface area (Å²) in [5.74, 6) is 0.381. The van der Waals surface area contributed by atoms with Crippen LogP contribution in [0.5, 0.6) is 0 Å². The molecule has 0 spiro atoms. The third-order valence-corrected chi connectivity index (χ3v) is 6.37. The van der Waals surface area contributed by atoms with Gasteiger partial charge in [-0.05, 0) is 17.0 Å². The highest BCUT2D eigenvalue weighted by atomic mass is 28.3. The van der Waals surface area contributed by atoms with E-state index in [4.69, 9.17) is 0 Å². The van der Waals surface area contributed by atoms with Gasteiger partial charge in [-0.1, -0.05) is 74.3 Å². The molecule has 0 fully saturated rings. The number of allylic oxidation sites excluding steroid dienone is 4. The van der Waals surface area contributed by atoms with Crippen LogP contribution in [0.25, 0.3) is 0 Å². The maximum atomic E-state index is 10.7. The number of benzene rings is 1. The molecule has 0 aromatic heterocycles. The SMILES string of the molecule is C[Si](C)(C)C(C1C=CC=C1)C(O)c1ccccc1. The van der Waals surface area contributed by atoms with Crippen LogP contribution in [0.3, 0.4) is 0 Å². The van der Waals surface area contributed by atoms with Gasteiger partial charge in [0.1, 0.15) is 0 Å². The van der Waals surface area contributed by atoms with Crippen molar-refractivity contribution in [1.29, 1.82) is 0 Å². The van der Waals surface area contributed by atoms with Crippen molar-refractivity contribution >= 4 is 8.07 Å². The summed E-state index contributed by atoms with van der Waals surface area (Å²) in [5.41, 5.74) is 1.37. The predicted octanol–water partition coefficient (Wildman–Crippen LogP) is 4.17. The predicted molar refractivity (Wildman–Crippen MR) is 80.3 cm³/mol. The van der Waals surface area contributed by atoms with Crippen LogP contribution in [0.15, 0.2) is 54.6 Å². The van der Waals surface area contributed by atoms with E-state index in [-0.39, 0.29) is 6.10 Å². The number of aliphatic hydroxyl groups is 1.